The molecule has 15 heavy (non-hydrogen) atoms. The van der Waals surface area contributed by atoms with Crippen LogP contribution in [0.25, 0.3) is 0 Å². The fraction of sp³-hybridized carbons (Fsp3) is 0.917. The third-order valence-electron chi connectivity index (χ3n) is 3.90. The molecule has 0 aromatic rings. The van der Waals surface area contributed by atoms with Crippen molar-refractivity contribution in [1.82, 2.24) is 0 Å². The highest BCUT2D eigenvalue weighted by atomic mass is 28.3. The molecule has 3 heteroatoms. The lowest BCUT2D eigenvalue weighted by Crippen LogP contribution is -2.37. The molecule has 2 atom stereocenters. The van der Waals surface area contributed by atoms with Crippen molar-refractivity contribution in [2.75, 3.05) is 7.11 Å². The minimum absolute atomic E-state index is 0.0581. The minimum Gasteiger partial charge on any atom is -0.469 e. The maximum atomic E-state index is 11.9. The van der Waals surface area contributed by atoms with Gasteiger partial charge in [-0.3, -0.25) is 4.79 Å². The molecule has 88 valence electrons. The van der Waals surface area contributed by atoms with Crippen LogP contribution < -0.4 is 0 Å². The summed E-state index contributed by atoms with van der Waals surface area (Å²) >= 11 is 0. The SMILES string of the molecule is CCCC[C@H]1C[C@@]1(C(=O)OC)[Si](C)(C)C. The van der Waals surface area contributed by atoms with Crippen molar-refractivity contribution >= 4 is 14.0 Å². The zero-order valence-electron chi connectivity index (χ0n) is 10.7. The van der Waals surface area contributed by atoms with Crippen LogP contribution in [-0.2, 0) is 9.53 Å². The topological polar surface area (TPSA) is 26.3 Å². The van der Waals surface area contributed by atoms with Gasteiger partial charge in [-0.1, -0.05) is 39.4 Å². The van der Waals surface area contributed by atoms with Gasteiger partial charge in [0.2, 0.25) is 0 Å². The van der Waals surface area contributed by atoms with Crippen LogP contribution in [0.15, 0.2) is 0 Å². The molecule has 0 bridgehead atoms. The molecule has 0 aromatic heterocycles. The zero-order valence-corrected chi connectivity index (χ0v) is 11.7. The number of rotatable bonds is 5. The standard InChI is InChI=1S/C12H24O2Si/c1-6-7-8-10-9-12(10,11(13)14-2)15(3,4)5/h10H,6-9H2,1-5H3/t10-,12+/m0/s1. The zero-order chi connectivity index (χ0) is 11.7. The predicted molar refractivity (Wildman–Crippen MR) is 65.7 cm³/mol. The fourth-order valence-corrected chi connectivity index (χ4v) is 5.73. The van der Waals surface area contributed by atoms with Crippen molar-refractivity contribution in [2.45, 2.75) is 57.3 Å². The second kappa shape index (κ2) is 4.28. The summed E-state index contributed by atoms with van der Waals surface area (Å²) in [5, 5.41) is -0.0586. The molecule has 0 radical (unpaired) electrons. The van der Waals surface area contributed by atoms with Gasteiger partial charge in [0.1, 0.15) is 0 Å². The average molecular weight is 228 g/mol. The number of carbonyl (C=O) groups excluding carboxylic acids is 1. The van der Waals surface area contributed by atoms with Crippen LogP contribution in [-0.4, -0.2) is 21.2 Å². The molecule has 1 saturated carbocycles. The summed E-state index contributed by atoms with van der Waals surface area (Å²) in [6, 6.07) is 0. The summed E-state index contributed by atoms with van der Waals surface area (Å²) in [5.74, 6) is 0.666. The van der Waals surface area contributed by atoms with E-state index in [0.29, 0.717) is 5.92 Å². The lowest BCUT2D eigenvalue weighted by atomic mass is 10.1. The highest BCUT2D eigenvalue weighted by Gasteiger charge is 2.66. The van der Waals surface area contributed by atoms with Crippen LogP contribution in [0.5, 0.6) is 0 Å². The number of carbonyl (C=O) groups is 1. The van der Waals surface area contributed by atoms with Gasteiger partial charge in [-0.25, -0.2) is 0 Å². The van der Waals surface area contributed by atoms with E-state index in [1.54, 1.807) is 0 Å². The maximum Gasteiger partial charge on any atom is 0.309 e. The Bertz CT molecular complexity index is 244. The smallest absolute Gasteiger partial charge is 0.309 e. The molecule has 0 unspecified atom stereocenters. The molecule has 0 aromatic carbocycles. The van der Waals surface area contributed by atoms with E-state index >= 15 is 0 Å². The van der Waals surface area contributed by atoms with Crippen LogP contribution in [0.1, 0.15) is 32.6 Å². The average Bonchev–Trinajstić information content (AvgIpc) is 2.88. The van der Waals surface area contributed by atoms with Crippen molar-refractivity contribution in [2.24, 2.45) is 5.92 Å². The van der Waals surface area contributed by atoms with Gasteiger partial charge in [-0.2, -0.15) is 0 Å². The predicted octanol–water partition coefficient (Wildman–Crippen LogP) is 3.45. The molecule has 0 heterocycles. The van der Waals surface area contributed by atoms with Gasteiger partial charge in [0.15, 0.2) is 0 Å². The summed E-state index contributed by atoms with van der Waals surface area (Å²) in [6.07, 6.45) is 4.75. The molecule has 2 nitrogen and oxygen atoms in total. The molecule has 0 amide bonds. The Morgan fingerprint density at radius 2 is 2.07 bits per heavy atom. The van der Waals surface area contributed by atoms with E-state index in [1.807, 2.05) is 0 Å². The molecule has 1 aliphatic carbocycles. The van der Waals surface area contributed by atoms with Crippen LogP contribution in [0, 0.1) is 5.92 Å². The number of unbranched alkanes of at least 4 members (excludes halogenated alkanes) is 1. The first kappa shape index (κ1) is 12.8. The quantitative estimate of drug-likeness (QED) is 0.532. The van der Waals surface area contributed by atoms with Crippen LogP contribution in [0.4, 0.5) is 0 Å². The molecule has 0 aliphatic heterocycles. The third kappa shape index (κ3) is 2.12. The minimum atomic E-state index is -1.45. The molecule has 0 spiro atoms. The summed E-state index contributed by atoms with van der Waals surface area (Å²) < 4.78 is 5.01. The Balaban J connectivity index is 2.72. The highest BCUT2D eigenvalue weighted by Crippen LogP contribution is 2.68. The number of methoxy groups -OCH3 is 1. The summed E-state index contributed by atoms with van der Waals surface area (Å²) in [4.78, 5) is 11.9. The number of ether oxygens (including phenoxy) is 1. The summed E-state index contributed by atoms with van der Waals surface area (Å²) in [7, 11) is 0.0818. The van der Waals surface area contributed by atoms with E-state index in [1.165, 1.54) is 26.4 Å². The molecular formula is C12H24O2Si. The Kier molecular flexibility index (Phi) is 3.64. The van der Waals surface area contributed by atoms with E-state index in [0.717, 1.165) is 6.42 Å². The Morgan fingerprint density at radius 1 is 1.47 bits per heavy atom. The monoisotopic (exact) mass is 228 g/mol. The first-order valence-corrected chi connectivity index (χ1v) is 9.48. The van der Waals surface area contributed by atoms with E-state index in [9.17, 15) is 4.79 Å². The van der Waals surface area contributed by atoms with Gasteiger partial charge in [-0.15, -0.1) is 0 Å². The van der Waals surface area contributed by atoms with Gasteiger partial charge < -0.3 is 4.74 Å². The highest BCUT2D eigenvalue weighted by molar-refractivity contribution is 6.83. The Labute approximate surface area is 94.4 Å². The van der Waals surface area contributed by atoms with Gasteiger partial charge in [-0.05, 0) is 18.8 Å². The van der Waals surface area contributed by atoms with Crippen LogP contribution in [0.2, 0.25) is 24.7 Å². The van der Waals surface area contributed by atoms with E-state index in [4.69, 9.17) is 4.74 Å². The molecule has 0 saturated heterocycles. The van der Waals surface area contributed by atoms with E-state index < -0.39 is 8.07 Å². The fourth-order valence-electron chi connectivity index (χ4n) is 2.79. The van der Waals surface area contributed by atoms with Crippen molar-refractivity contribution < 1.29 is 9.53 Å². The second-order valence-electron chi connectivity index (χ2n) is 5.76. The normalized spacial score (nSPS) is 30.1. The van der Waals surface area contributed by atoms with E-state index in [-0.39, 0.29) is 11.0 Å². The van der Waals surface area contributed by atoms with Crippen molar-refractivity contribution in [1.29, 1.82) is 0 Å². The molecule has 0 N–H and O–H groups in total. The molecule has 1 aliphatic rings. The van der Waals surface area contributed by atoms with Gasteiger partial charge in [0, 0.05) is 0 Å². The van der Waals surface area contributed by atoms with Crippen molar-refractivity contribution in [3.63, 3.8) is 0 Å². The van der Waals surface area contributed by atoms with Gasteiger partial charge >= 0.3 is 5.97 Å². The molecule has 1 rings (SSSR count). The second-order valence-corrected chi connectivity index (χ2v) is 11.1. The summed E-state index contributed by atoms with van der Waals surface area (Å²) in [5.41, 5.74) is 0. The van der Waals surface area contributed by atoms with Crippen LogP contribution in [0.3, 0.4) is 0 Å². The lowest BCUT2D eigenvalue weighted by molar-refractivity contribution is -0.142. The molecule has 1 fully saturated rings. The van der Waals surface area contributed by atoms with Crippen molar-refractivity contribution in [3.05, 3.63) is 0 Å². The number of hydrogen-bond acceptors (Lipinski definition) is 2. The number of hydrogen-bond donors (Lipinski definition) is 0. The van der Waals surface area contributed by atoms with Crippen LogP contribution >= 0.6 is 0 Å². The third-order valence-corrected chi connectivity index (χ3v) is 7.39. The maximum absolute atomic E-state index is 11.9. The van der Waals surface area contributed by atoms with Gasteiger partial charge in [0.05, 0.1) is 20.2 Å². The van der Waals surface area contributed by atoms with Gasteiger partial charge in [0.25, 0.3) is 0 Å². The first-order valence-electron chi connectivity index (χ1n) is 5.98. The van der Waals surface area contributed by atoms with Crippen molar-refractivity contribution in [3.8, 4) is 0 Å². The lowest BCUT2D eigenvalue weighted by Gasteiger charge is -2.28. The Morgan fingerprint density at radius 3 is 2.47 bits per heavy atom. The Hall–Kier alpha value is -0.313. The first-order chi connectivity index (χ1) is 6.90. The molecular weight excluding hydrogens is 204 g/mol. The summed E-state index contributed by atoms with van der Waals surface area (Å²) in [6.45, 7) is 9.07. The number of esters is 1. The largest absolute Gasteiger partial charge is 0.469 e. The van der Waals surface area contributed by atoms with E-state index in [2.05, 4.69) is 26.6 Å².